The summed E-state index contributed by atoms with van der Waals surface area (Å²) in [7, 11) is 0. The normalized spacial score (nSPS) is 11.2. The minimum atomic E-state index is 0.821. The summed E-state index contributed by atoms with van der Waals surface area (Å²) in [5.41, 5.74) is 4.83. The monoisotopic (exact) mass is 391 g/mol. The molecule has 0 amide bonds. The second-order valence-electron chi connectivity index (χ2n) is 8.33. The zero-order valence-electron chi connectivity index (χ0n) is 18.3. The van der Waals surface area contributed by atoms with Gasteiger partial charge in [0.1, 0.15) is 5.75 Å². The van der Waals surface area contributed by atoms with Gasteiger partial charge in [0.2, 0.25) is 0 Å². The maximum absolute atomic E-state index is 5.93. The molecular weight excluding hydrogens is 354 g/mol. The van der Waals surface area contributed by atoms with Crippen LogP contribution in [-0.2, 0) is 0 Å². The molecule has 2 aromatic carbocycles. The number of hydrogen-bond donors (Lipinski definition) is 1. The second-order valence-corrected chi connectivity index (χ2v) is 8.33. The van der Waals surface area contributed by atoms with E-state index in [2.05, 4.69) is 67.4 Å². The number of aryl methyl sites for hydroxylation is 1. The van der Waals surface area contributed by atoms with Gasteiger partial charge in [0, 0.05) is 16.6 Å². The van der Waals surface area contributed by atoms with Crippen molar-refractivity contribution < 1.29 is 4.74 Å². The van der Waals surface area contributed by atoms with Crippen molar-refractivity contribution in [1.82, 2.24) is 4.98 Å². The predicted molar refractivity (Wildman–Crippen MR) is 126 cm³/mol. The summed E-state index contributed by atoms with van der Waals surface area (Å²) in [5.74, 6) is 0.969. The molecule has 0 aliphatic carbocycles. The van der Waals surface area contributed by atoms with Crippen LogP contribution in [0.25, 0.3) is 22.2 Å². The summed E-state index contributed by atoms with van der Waals surface area (Å²) in [6.45, 7) is 5.23. The first kappa shape index (κ1) is 21.5. The van der Waals surface area contributed by atoms with E-state index in [-0.39, 0.29) is 0 Å². The lowest BCUT2D eigenvalue weighted by Crippen LogP contribution is -1.97. The van der Waals surface area contributed by atoms with E-state index in [0.717, 1.165) is 24.5 Å². The average molecular weight is 392 g/mol. The largest absolute Gasteiger partial charge is 0.494 e. The molecule has 0 atom stereocenters. The molecule has 0 bridgehead atoms. The Balaban J connectivity index is 1.33. The third kappa shape index (κ3) is 6.96. The molecule has 0 spiro atoms. The Labute approximate surface area is 176 Å². The van der Waals surface area contributed by atoms with Crippen LogP contribution < -0.4 is 4.74 Å². The molecule has 1 aromatic heterocycles. The van der Waals surface area contributed by atoms with Crippen LogP contribution in [-0.4, -0.2) is 11.6 Å². The number of unbranched alkanes of at least 4 members (excludes halogenated alkanes) is 9. The molecule has 2 nitrogen and oxygen atoms in total. The van der Waals surface area contributed by atoms with Crippen LogP contribution >= 0.6 is 0 Å². The SMILES string of the molecule is CCCCCCCCCCCCOc1ccc(-c2cc3ccc(C)cc3[nH]2)cc1. The minimum absolute atomic E-state index is 0.821. The lowest BCUT2D eigenvalue weighted by Gasteiger charge is -2.07. The van der Waals surface area contributed by atoms with Crippen molar-refractivity contribution in [2.45, 2.75) is 78.1 Å². The van der Waals surface area contributed by atoms with E-state index < -0.39 is 0 Å². The first-order chi connectivity index (χ1) is 14.3. The molecular formula is C27H37NO. The quantitative estimate of drug-likeness (QED) is 0.290. The molecule has 0 fully saturated rings. The van der Waals surface area contributed by atoms with Crippen LogP contribution in [0.3, 0.4) is 0 Å². The Morgan fingerprint density at radius 1 is 0.724 bits per heavy atom. The fraction of sp³-hybridized carbons (Fsp3) is 0.481. The zero-order chi connectivity index (χ0) is 20.3. The van der Waals surface area contributed by atoms with E-state index in [4.69, 9.17) is 4.74 Å². The summed E-state index contributed by atoms with van der Waals surface area (Å²) in [4.78, 5) is 3.52. The van der Waals surface area contributed by atoms with E-state index in [1.807, 2.05) is 0 Å². The van der Waals surface area contributed by atoms with Gasteiger partial charge in [-0.15, -0.1) is 0 Å². The van der Waals surface area contributed by atoms with Gasteiger partial charge in [0.05, 0.1) is 6.61 Å². The van der Waals surface area contributed by atoms with Crippen molar-refractivity contribution in [2.24, 2.45) is 0 Å². The molecule has 1 heterocycles. The third-order valence-electron chi connectivity index (χ3n) is 5.71. The molecule has 0 radical (unpaired) electrons. The van der Waals surface area contributed by atoms with Crippen LogP contribution in [0.15, 0.2) is 48.5 Å². The fourth-order valence-corrected chi connectivity index (χ4v) is 3.91. The van der Waals surface area contributed by atoms with Crippen LogP contribution in [0.1, 0.15) is 76.7 Å². The van der Waals surface area contributed by atoms with Gasteiger partial charge in [-0.05, 0) is 60.9 Å². The molecule has 3 aromatic rings. The Morgan fingerprint density at radius 3 is 2.07 bits per heavy atom. The molecule has 1 N–H and O–H groups in total. The second kappa shape index (κ2) is 11.7. The van der Waals surface area contributed by atoms with Crippen molar-refractivity contribution >= 4 is 10.9 Å². The summed E-state index contributed by atoms with van der Waals surface area (Å²) in [6, 6.07) is 17.2. The first-order valence-corrected chi connectivity index (χ1v) is 11.6. The molecule has 29 heavy (non-hydrogen) atoms. The third-order valence-corrected chi connectivity index (χ3v) is 5.71. The van der Waals surface area contributed by atoms with Crippen molar-refractivity contribution in [2.75, 3.05) is 6.61 Å². The lowest BCUT2D eigenvalue weighted by molar-refractivity contribution is 0.304. The van der Waals surface area contributed by atoms with Crippen molar-refractivity contribution in [3.63, 3.8) is 0 Å². The molecule has 0 aliphatic rings. The number of hydrogen-bond acceptors (Lipinski definition) is 1. The van der Waals surface area contributed by atoms with Gasteiger partial charge in [0.25, 0.3) is 0 Å². The van der Waals surface area contributed by atoms with Gasteiger partial charge in [-0.2, -0.15) is 0 Å². The van der Waals surface area contributed by atoms with Gasteiger partial charge >= 0.3 is 0 Å². The molecule has 0 saturated heterocycles. The number of benzene rings is 2. The zero-order valence-corrected chi connectivity index (χ0v) is 18.3. The van der Waals surface area contributed by atoms with Crippen LogP contribution in [0.5, 0.6) is 5.75 Å². The number of H-pyrrole nitrogens is 1. The van der Waals surface area contributed by atoms with E-state index in [0.29, 0.717) is 0 Å². The maximum atomic E-state index is 5.93. The maximum Gasteiger partial charge on any atom is 0.119 e. The molecule has 0 aliphatic heterocycles. The lowest BCUT2D eigenvalue weighted by atomic mass is 10.1. The van der Waals surface area contributed by atoms with Crippen molar-refractivity contribution in [3.05, 3.63) is 54.1 Å². The Hall–Kier alpha value is -2.22. The van der Waals surface area contributed by atoms with Crippen molar-refractivity contribution in [1.29, 1.82) is 0 Å². The summed E-state index contributed by atoms with van der Waals surface area (Å²) < 4.78 is 5.93. The van der Waals surface area contributed by atoms with Crippen molar-refractivity contribution in [3.8, 4) is 17.0 Å². The van der Waals surface area contributed by atoms with Gasteiger partial charge in [-0.25, -0.2) is 0 Å². The highest BCUT2D eigenvalue weighted by molar-refractivity contribution is 5.86. The van der Waals surface area contributed by atoms with Crippen LogP contribution in [0.4, 0.5) is 0 Å². The Kier molecular flexibility index (Phi) is 8.67. The van der Waals surface area contributed by atoms with Gasteiger partial charge in [-0.1, -0.05) is 76.8 Å². The number of nitrogens with one attached hydrogen (secondary N) is 1. The van der Waals surface area contributed by atoms with Crippen LogP contribution in [0.2, 0.25) is 0 Å². The minimum Gasteiger partial charge on any atom is -0.494 e. The van der Waals surface area contributed by atoms with Gasteiger partial charge in [-0.3, -0.25) is 0 Å². The number of rotatable bonds is 13. The molecule has 3 rings (SSSR count). The van der Waals surface area contributed by atoms with E-state index in [1.54, 1.807) is 0 Å². The summed E-state index contributed by atoms with van der Waals surface area (Å²) in [6.07, 6.45) is 13.6. The smallest absolute Gasteiger partial charge is 0.119 e. The number of ether oxygens (including phenoxy) is 1. The van der Waals surface area contributed by atoms with Crippen LogP contribution in [0, 0.1) is 6.92 Å². The number of aromatic nitrogens is 1. The highest BCUT2D eigenvalue weighted by Gasteiger charge is 2.04. The number of aromatic amines is 1. The van der Waals surface area contributed by atoms with Gasteiger partial charge in [0.15, 0.2) is 0 Å². The molecule has 0 unspecified atom stereocenters. The van der Waals surface area contributed by atoms with E-state index >= 15 is 0 Å². The molecule has 2 heteroatoms. The van der Waals surface area contributed by atoms with E-state index in [1.165, 1.54) is 79.8 Å². The predicted octanol–water partition coefficient (Wildman–Crippen LogP) is 8.44. The standard InChI is InChI=1S/C27H37NO/c1-3-4-5-6-7-8-9-10-11-12-19-29-25-17-15-23(16-18-25)27-21-24-14-13-22(2)20-26(24)28-27/h13-18,20-21,28H,3-12,19H2,1-2H3. The number of fused-ring (bicyclic) bond motifs is 1. The highest BCUT2D eigenvalue weighted by atomic mass is 16.5. The fourth-order valence-electron chi connectivity index (χ4n) is 3.91. The Bertz CT molecular complexity index is 847. The first-order valence-electron chi connectivity index (χ1n) is 11.6. The topological polar surface area (TPSA) is 25.0 Å². The highest BCUT2D eigenvalue weighted by Crippen LogP contribution is 2.26. The molecule has 156 valence electrons. The van der Waals surface area contributed by atoms with E-state index in [9.17, 15) is 0 Å². The average Bonchev–Trinajstić information content (AvgIpc) is 3.15. The summed E-state index contributed by atoms with van der Waals surface area (Å²) >= 11 is 0. The Morgan fingerprint density at radius 2 is 1.38 bits per heavy atom. The summed E-state index contributed by atoms with van der Waals surface area (Å²) in [5, 5.41) is 1.26. The van der Waals surface area contributed by atoms with Gasteiger partial charge < -0.3 is 9.72 Å². The molecule has 0 saturated carbocycles.